The van der Waals surface area contributed by atoms with Crippen molar-refractivity contribution in [3.8, 4) is 56.2 Å². The highest BCUT2D eigenvalue weighted by Gasteiger charge is 2.14. The molecule has 0 fully saturated rings. The van der Waals surface area contributed by atoms with E-state index in [9.17, 15) is 0 Å². The molecule has 2 heterocycles. The molecule has 0 amide bonds. The second kappa shape index (κ2) is 10.8. The van der Waals surface area contributed by atoms with Gasteiger partial charge in [0.15, 0.2) is 5.82 Å². The number of hydrogen-bond acceptors (Lipinski definition) is 3. The molecule has 0 N–H and O–H groups in total. The van der Waals surface area contributed by atoms with E-state index in [-0.39, 0.29) is 0 Å². The molecule has 0 aliphatic rings. The predicted molar refractivity (Wildman–Crippen MR) is 182 cm³/mol. The van der Waals surface area contributed by atoms with E-state index in [1.165, 1.54) is 42.4 Å². The Morgan fingerprint density at radius 3 is 1.72 bits per heavy atom. The van der Waals surface area contributed by atoms with Gasteiger partial charge in [0.25, 0.3) is 0 Å². The van der Waals surface area contributed by atoms with Gasteiger partial charge in [0.05, 0.1) is 11.4 Å². The second-order valence-corrected chi connectivity index (χ2v) is 11.7. The monoisotopic (exact) mass is 566 g/mol. The topological polar surface area (TPSA) is 25.8 Å². The van der Waals surface area contributed by atoms with Gasteiger partial charge >= 0.3 is 0 Å². The Labute approximate surface area is 254 Å². The lowest BCUT2D eigenvalue weighted by Gasteiger charge is -2.11. The molecule has 6 aromatic carbocycles. The van der Waals surface area contributed by atoms with Crippen molar-refractivity contribution in [1.82, 2.24) is 9.97 Å². The minimum absolute atomic E-state index is 0.715. The Balaban J connectivity index is 1.26. The zero-order valence-electron chi connectivity index (χ0n) is 23.3. The molecule has 0 radical (unpaired) electrons. The molecule has 0 atom stereocenters. The van der Waals surface area contributed by atoms with Crippen LogP contribution in [0.15, 0.2) is 158 Å². The van der Waals surface area contributed by atoms with Crippen molar-refractivity contribution in [1.29, 1.82) is 0 Å². The van der Waals surface area contributed by atoms with Crippen molar-refractivity contribution in [3.63, 3.8) is 0 Å². The number of thiophene rings is 1. The predicted octanol–water partition coefficient (Wildman–Crippen LogP) is 11.2. The minimum atomic E-state index is 0.715. The standard InChI is InChI=1S/C40H26N2S/c1-3-11-27(12-4-1)28-21-23-30(24-22-28)40-41-35(29-13-5-2-6-14-29)26-36(42-40)32-16-9-15-31(25-32)33-18-10-20-38-39(33)34-17-7-8-19-37(34)43-38/h1-26H. The molecule has 2 nitrogen and oxygen atoms in total. The summed E-state index contributed by atoms with van der Waals surface area (Å²) in [5.74, 6) is 0.715. The van der Waals surface area contributed by atoms with Crippen LogP contribution < -0.4 is 0 Å². The third-order valence-electron chi connectivity index (χ3n) is 7.92. The van der Waals surface area contributed by atoms with Crippen molar-refractivity contribution in [2.75, 3.05) is 0 Å². The van der Waals surface area contributed by atoms with E-state index >= 15 is 0 Å². The van der Waals surface area contributed by atoms with E-state index in [4.69, 9.17) is 9.97 Å². The molecular formula is C40H26N2S. The maximum atomic E-state index is 5.13. The zero-order chi connectivity index (χ0) is 28.6. The molecule has 0 saturated heterocycles. The van der Waals surface area contributed by atoms with Gasteiger partial charge in [0.2, 0.25) is 0 Å². The molecule has 0 saturated carbocycles. The van der Waals surface area contributed by atoms with Crippen molar-refractivity contribution in [3.05, 3.63) is 158 Å². The summed E-state index contributed by atoms with van der Waals surface area (Å²) in [6, 6.07) is 55.5. The lowest BCUT2D eigenvalue weighted by atomic mass is 9.97. The smallest absolute Gasteiger partial charge is 0.160 e. The highest BCUT2D eigenvalue weighted by molar-refractivity contribution is 7.25. The molecule has 2 aromatic heterocycles. The summed E-state index contributed by atoms with van der Waals surface area (Å²) in [7, 11) is 0. The SMILES string of the molecule is c1ccc(-c2ccc(-c3nc(-c4ccccc4)cc(-c4cccc(-c5cccc6sc7ccccc7c56)c4)n3)cc2)cc1. The van der Waals surface area contributed by atoms with Crippen LogP contribution in [0.3, 0.4) is 0 Å². The molecule has 3 heteroatoms. The fourth-order valence-electron chi connectivity index (χ4n) is 5.78. The van der Waals surface area contributed by atoms with Crippen LogP contribution >= 0.6 is 11.3 Å². The largest absolute Gasteiger partial charge is 0.228 e. The van der Waals surface area contributed by atoms with E-state index < -0.39 is 0 Å². The summed E-state index contributed by atoms with van der Waals surface area (Å²) in [6.07, 6.45) is 0. The van der Waals surface area contributed by atoms with Crippen LogP contribution in [-0.2, 0) is 0 Å². The highest BCUT2D eigenvalue weighted by atomic mass is 32.1. The number of rotatable bonds is 5. The molecule has 0 aliphatic heterocycles. The van der Waals surface area contributed by atoms with Gasteiger partial charge in [-0.3, -0.25) is 0 Å². The molecule has 8 rings (SSSR count). The Morgan fingerprint density at radius 2 is 0.930 bits per heavy atom. The summed E-state index contributed by atoms with van der Waals surface area (Å²) in [6.45, 7) is 0. The van der Waals surface area contributed by atoms with Gasteiger partial charge in [-0.25, -0.2) is 9.97 Å². The Hall–Kier alpha value is -5.38. The van der Waals surface area contributed by atoms with E-state index in [0.29, 0.717) is 5.82 Å². The van der Waals surface area contributed by atoms with Gasteiger partial charge in [-0.15, -0.1) is 11.3 Å². The summed E-state index contributed by atoms with van der Waals surface area (Å²) >= 11 is 1.85. The van der Waals surface area contributed by atoms with Crippen LogP contribution in [0.4, 0.5) is 0 Å². The normalized spacial score (nSPS) is 11.3. The first-order valence-electron chi connectivity index (χ1n) is 14.4. The number of nitrogens with zero attached hydrogens (tertiary/aromatic N) is 2. The molecule has 0 unspecified atom stereocenters. The maximum Gasteiger partial charge on any atom is 0.160 e. The summed E-state index contributed by atoms with van der Waals surface area (Å²) < 4.78 is 2.62. The first-order chi connectivity index (χ1) is 21.3. The average Bonchev–Trinajstić information content (AvgIpc) is 3.48. The summed E-state index contributed by atoms with van der Waals surface area (Å²) in [5, 5.41) is 2.62. The Kier molecular flexibility index (Phi) is 6.36. The van der Waals surface area contributed by atoms with Gasteiger partial charge in [0, 0.05) is 36.9 Å². The van der Waals surface area contributed by atoms with Crippen molar-refractivity contribution in [2.45, 2.75) is 0 Å². The second-order valence-electron chi connectivity index (χ2n) is 10.6. The lowest BCUT2D eigenvalue weighted by Crippen LogP contribution is -1.96. The zero-order valence-corrected chi connectivity index (χ0v) is 24.1. The van der Waals surface area contributed by atoms with E-state index in [2.05, 4.69) is 146 Å². The molecule has 0 spiro atoms. The number of benzene rings is 6. The van der Waals surface area contributed by atoms with Crippen LogP contribution in [0.2, 0.25) is 0 Å². The summed E-state index contributed by atoms with van der Waals surface area (Å²) in [5.41, 5.74) is 9.72. The van der Waals surface area contributed by atoms with Crippen molar-refractivity contribution in [2.24, 2.45) is 0 Å². The maximum absolute atomic E-state index is 5.13. The fraction of sp³-hybridized carbons (Fsp3) is 0. The van der Waals surface area contributed by atoms with Crippen LogP contribution in [0.5, 0.6) is 0 Å². The van der Waals surface area contributed by atoms with Gasteiger partial charge < -0.3 is 0 Å². The van der Waals surface area contributed by atoms with E-state index in [1.54, 1.807) is 0 Å². The van der Waals surface area contributed by atoms with Crippen molar-refractivity contribution >= 4 is 31.5 Å². The van der Waals surface area contributed by atoms with Gasteiger partial charge in [-0.2, -0.15) is 0 Å². The number of fused-ring (bicyclic) bond motifs is 3. The van der Waals surface area contributed by atoms with Crippen LogP contribution in [-0.4, -0.2) is 9.97 Å². The van der Waals surface area contributed by atoms with Crippen LogP contribution in [0, 0.1) is 0 Å². The molecule has 0 aliphatic carbocycles. The van der Waals surface area contributed by atoms with Gasteiger partial charge in [0.1, 0.15) is 0 Å². The molecule has 0 bridgehead atoms. The van der Waals surface area contributed by atoms with Crippen molar-refractivity contribution < 1.29 is 0 Å². The molecule has 202 valence electrons. The molecular weight excluding hydrogens is 541 g/mol. The average molecular weight is 567 g/mol. The van der Waals surface area contributed by atoms with Gasteiger partial charge in [-0.1, -0.05) is 133 Å². The minimum Gasteiger partial charge on any atom is -0.228 e. The molecule has 8 aromatic rings. The quantitative estimate of drug-likeness (QED) is 0.207. The lowest BCUT2D eigenvalue weighted by molar-refractivity contribution is 1.18. The van der Waals surface area contributed by atoms with Crippen LogP contribution in [0.1, 0.15) is 0 Å². The number of aromatic nitrogens is 2. The van der Waals surface area contributed by atoms with Gasteiger partial charge in [-0.05, 0) is 46.5 Å². The fourth-order valence-corrected chi connectivity index (χ4v) is 6.92. The first kappa shape index (κ1) is 25.3. The van der Waals surface area contributed by atoms with Crippen LogP contribution in [0.25, 0.3) is 76.3 Å². The van der Waals surface area contributed by atoms with E-state index in [0.717, 1.165) is 28.1 Å². The third-order valence-corrected chi connectivity index (χ3v) is 9.05. The summed E-state index contributed by atoms with van der Waals surface area (Å²) in [4.78, 5) is 10.2. The molecule has 43 heavy (non-hydrogen) atoms. The first-order valence-corrected chi connectivity index (χ1v) is 15.2. The Morgan fingerprint density at radius 1 is 0.372 bits per heavy atom. The number of hydrogen-bond donors (Lipinski definition) is 0. The third kappa shape index (κ3) is 4.80. The van der Waals surface area contributed by atoms with E-state index in [1.807, 2.05) is 23.5 Å². The Bertz CT molecular complexity index is 2220. The highest BCUT2D eigenvalue weighted by Crippen LogP contribution is 2.40.